The monoisotopic (exact) mass is 268 g/mol. The van der Waals surface area contributed by atoms with Crippen LogP contribution in [0.5, 0.6) is 0 Å². The molecule has 2 aromatic rings. The molecule has 18 heavy (non-hydrogen) atoms. The molecule has 2 rings (SSSR count). The zero-order chi connectivity index (χ0) is 13.1. The third-order valence-electron chi connectivity index (χ3n) is 2.65. The van der Waals surface area contributed by atoms with E-state index in [0.29, 0.717) is 5.56 Å². The van der Waals surface area contributed by atoms with Gasteiger partial charge in [0.25, 0.3) is 0 Å². The molecule has 5 heteroatoms. The molecule has 0 spiro atoms. The molecule has 0 fully saturated rings. The molecule has 2 aromatic carbocycles. The van der Waals surface area contributed by atoms with Crippen molar-refractivity contribution in [1.82, 2.24) is 5.43 Å². The van der Waals surface area contributed by atoms with Gasteiger partial charge in [0.05, 0.1) is 11.1 Å². The third kappa shape index (κ3) is 2.67. The van der Waals surface area contributed by atoms with E-state index in [1.807, 2.05) is 0 Å². The zero-order valence-corrected chi connectivity index (χ0v) is 10.1. The summed E-state index contributed by atoms with van der Waals surface area (Å²) in [7, 11) is 0. The first-order valence-corrected chi connectivity index (χ1v) is 5.66. The molecule has 2 nitrogen and oxygen atoms in total. The normalized spacial score (nSPS) is 12.4. The van der Waals surface area contributed by atoms with E-state index in [1.165, 1.54) is 24.3 Å². The standard InChI is InChI=1S/C13H11ClF2N2/c14-11-6-3-9(7-12(11)16)13(18-17)8-1-4-10(15)5-2-8/h1-7,13,18H,17H2. The van der Waals surface area contributed by atoms with Crippen LogP contribution < -0.4 is 11.3 Å². The molecule has 94 valence electrons. The van der Waals surface area contributed by atoms with Crippen LogP contribution in [0, 0.1) is 11.6 Å². The lowest BCUT2D eigenvalue weighted by molar-refractivity contribution is 0.601. The van der Waals surface area contributed by atoms with Gasteiger partial charge in [-0.25, -0.2) is 14.2 Å². The Morgan fingerprint density at radius 2 is 1.61 bits per heavy atom. The molecule has 0 saturated carbocycles. The highest BCUT2D eigenvalue weighted by Crippen LogP contribution is 2.25. The number of hydrogen-bond acceptors (Lipinski definition) is 2. The fourth-order valence-electron chi connectivity index (χ4n) is 1.73. The van der Waals surface area contributed by atoms with Crippen LogP contribution in [0.3, 0.4) is 0 Å². The van der Waals surface area contributed by atoms with E-state index in [0.717, 1.165) is 5.56 Å². The van der Waals surface area contributed by atoms with Crippen molar-refractivity contribution in [3.63, 3.8) is 0 Å². The summed E-state index contributed by atoms with van der Waals surface area (Å²) in [5.41, 5.74) is 3.92. The molecule has 0 aromatic heterocycles. The second-order valence-corrected chi connectivity index (χ2v) is 4.23. The van der Waals surface area contributed by atoms with Gasteiger partial charge in [-0.3, -0.25) is 5.84 Å². The Hall–Kier alpha value is -1.49. The Morgan fingerprint density at radius 3 is 2.17 bits per heavy atom. The second kappa shape index (κ2) is 5.44. The molecule has 1 atom stereocenters. The van der Waals surface area contributed by atoms with Crippen LogP contribution in [-0.2, 0) is 0 Å². The van der Waals surface area contributed by atoms with E-state index < -0.39 is 11.9 Å². The number of hydrogen-bond donors (Lipinski definition) is 2. The molecule has 0 amide bonds. The first kappa shape index (κ1) is 13.0. The van der Waals surface area contributed by atoms with Gasteiger partial charge in [0.15, 0.2) is 0 Å². The summed E-state index contributed by atoms with van der Waals surface area (Å²) in [6, 6.07) is 9.84. The number of rotatable bonds is 3. The van der Waals surface area contributed by atoms with Gasteiger partial charge in [-0.2, -0.15) is 0 Å². The van der Waals surface area contributed by atoms with Crippen LogP contribution >= 0.6 is 11.6 Å². The molecule has 0 heterocycles. The lowest BCUT2D eigenvalue weighted by atomic mass is 9.99. The first-order chi connectivity index (χ1) is 8.61. The Labute approximate surface area is 108 Å². The van der Waals surface area contributed by atoms with Crippen molar-refractivity contribution in [2.24, 2.45) is 5.84 Å². The number of benzene rings is 2. The van der Waals surface area contributed by atoms with Gasteiger partial charge < -0.3 is 0 Å². The average Bonchev–Trinajstić information content (AvgIpc) is 2.37. The highest BCUT2D eigenvalue weighted by Gasteiger charge is 2.14. The van der Waals surface area contributed by atoms with Crippen molar-refractivity contribution in [2.75, 3.05) is 0 Å². The molecule has 0 aliphatic rings. The summed E-state index contributed by atoms with van der Waals surface area (Å²) in [5.74, 6) is 4.61. The molecule has 0 radical (unpaired) electrons. The Morgan fingerprint density at radius 1 is 1.00 bits per heavy atom. The van der Waals surface area contributed by atoms with Crippen molar-refractivity contribution in [3.8, 4) is 0 Å². The topological polar surface area (TPSA) is 38.0 Å². The summed E-state index contributed by atoms with van der Waals surface area (Å²) >= 11 is 5.62. The molecule has 0 saturated heterocycles. The first-order valence-electron chi connectivity index (χ1n) is 5.28. The lowest BCUT2D eigenvalue weighted by Gasteiger charge is -2.17. The second-order valence-electron chi connectivity index (χ2n) is 3.82. The minimum atomic E-state index is -0.517. The number of hydrazine groups is 1. The van der Waals surface area contributed by atoms with Gasteiger partial charge in [-0.15, -0.1) is 0 Å². The van der Waals surface area contributed by atoms with Gasteiger partial charge in [-0.1, -0.05) is 29.8 Å². The molecule has 0 aliphatic heterocycles. The van der Waals surface area contributed by atoms with Crippen LogP contribution in [0.4, 0.5) is 8.78 Å². The van der Waals surface area contributed by atoms with E-state index in [1.54, 1.807) is 18.2 Å². The number of nitrogens with two attached hydrogens (primary N) is 1. The highest BCUT2D eigenvalue weighted by atomic mass is 35.5. The van der Waals surface area contributed by atoms with Crippen LogP contribution in [-0.4, -0.2) is 0 Å². The van der Waals surface area contributed by atoms with E-state index >= 15 is 0 Å². The predicted molar refractivity (Wildman–Crippen MR) is 67.0 cm³/mol. The average molecular weight is 269 g/mol. The zero-order valence-electron chi connectivity index (χ0n) is 9.33. The van der Waals surface area contributed by atoms with Crippen molar-refractivity contribution in [1.29, 1.82) is 0 Å². The summed E-state index contributed by atoms with van der Waals surface area (Å²) in [6.07, 6.45) is 0. The molecule has 0 aliphatic carbocycles. The summed E-state index contributed by atoms with van der Waals surface area (Å²) in [6.45, 7) is 0. The summed E-state index contributed by atoms with van der Waals surface area (Å²) < 4.78 is 26.2. The van der Waals surface area contributed by atoms with Gasteiger partial charge in [0.1, 0.15) is 11.6 Å². The van der Waals surface area contributed by atoms with Gasteiger partial charge in [-0.05, 0) is 35.4 Å². The van der Waals surface area contributed by atoms with E-state index in [9.17, 15) is 8.78 Å². The van der Waals surface area contributed by atoms with E-state index in [-0.39, 0.29) is 10.8 Å². The molecular formula is C13H11ClF2N2. The van der Waals surface area contributed by atoms with Crippen molar-refractivity contribution in [2.45, 2.75) is 6.04 Å². The maximum absolute atomic E-state index is 13.4. The minimum absolute atomic E-state index is 0.0497. The summed E-state index contributed by atoms with van der Waals surface area (Å²) in [5, 5.41) is 0.0497. The minimum Gasteiger partial charge on any atom is -0.271 e. The number of halogens is 3. The largest absolute Gasteiger partial charge is 0.271 e. The van der Waals surface area contributed by atoms with E-state index in [2.05, 4.69) is 5.43 Å². The van der Waals surface area contributed by atoms with Gasteiger partial charge in [0.2, 0.25) is 0 Å². The van der Waals surface area contributed by atoms with Crippen LogP contribution in [0.1, 0.15) is 17.2 Å². The van der Waals surface area contributed by atoms with Crippen molar-refractivity contribution < 1.29 is 8.78 Å². The lowest BCUT2D eigenvalue weighted by Crippen LogP contribution is -2.28. The molecular weight excluding hydrogens is 258 g/mol. The van der Waals surface area contributed by atoms with Crippen LogP contribution in [0.25, 0.3) is 0 Å². The third-order valence-corrected chi connectivity index (χ3v) is 2.95. The Kier molecular flexibility index (Phi) is 3.91. The Balaban J connectivity index is 2.38. The quantitative estimate of drug-likeness (QED) is 0.663. The molecule has 0 bridgehead atoms. The van der Waals surface area contributed by atoms with Gasteiger partial charge >= 0.3 is 0 Å². The fourth-order valence-corrected chi connectivity index (χ4v) is 1.85. The Bertz CT molecular complexity index is 543. The van der Waals surface area contributed by atoms with E-state index in [4.69, 9.17) is 17.4 Å². The summed E-state index contributed by atoms with van der Waals surface area (Å²) in [4.78, 5) is 0. The highest BCUT2D eigenvalue weighted by molar-refractivity contribution is 6.30. The maximum Gasteiger partial charge on any atom is 0.142 e. The fraction of sp³-hybridized carbons (Fsp3) is 0.0769. The maximum atomic E-state index is 13.4. The predicted octanol–water partition coefficient (Wildman–Crippen LogP) is 3.17. The number of nitrogens with one attached hydrogen (secondary N) is 1. The van der Waals surface area contributed by atoms with Crippen LogP contribution in [0.2, 0.25) is 5.02 Å². The smallest absolute Gasteiger partial charge is 0.142 e. The van der Waals surface area contributed by atoms with Crippen molar-refractivity contribution in [3.05, 3.63) is 70.2 Å². The molecule has 1 unspecified atom stereocenters. The SMILES string of the molecule is NNC(c1ccc(F)cc1)c1ccc(Cl)c(F)c1. The van der Waals surface area contributed by atoms with Crippen molar-refractivity contribution >= 4 is 11.6 Å². The molecule has 3 N–H and O–H groups in total. The van der Waals surface area contributed by atoms with Crippen LogP contribution in [0.15, 0.2) is 42.5 Å². The van der Waals surface area contributed by atoms with Gasteiger partial charge in [0, 0.05) is 0 Å².